The first kappa shape index (κ1) is 16.8. The number of rotatable bonds is 3. The standard InChI is InChI=1S/C18H12FN3O5/c19-12-4-6-13(7-5-12)21-16(23)10-18(17(21)24)9-15(20-27-18)11-2-1-3-14(8-11)22(25)26/h1-8H,9-10H2. The number of hydrogen-bond acceptors (Lipinski definition) is 6. The average molecular weight is 369 g/mol. The minimum atomic E-state index is -1.48. The minimum Gasteiger partial charge on any atom is -0.378 e. The summed E-state index contributed by atoms with van der Waals surface area (Å²) >= 11 is 0. The molecule has 9 heteroatoms. The van der Waals surface area contributed by atoms with Crippen molar-refractivity contribution >= 4 is 28.9 Å². The van der Waals surface area contributed by atoms with Crippen LogP contribution in [0.3, 0.4) is 0 Å². The van der Waals surface area contributed by atoms with E-state index in [1.54, 1.807) is 6.07 Å². The van der Waals surface area contributed by atoms with Crippen molar-refractivity contribution in [3.8, 4) is 0 Å². The van der Waals surface area contributed by atoms with Crippen LogP contribution < -0.4 is 4.90 Å². The summed E-state index contributed by atoms with van der Waals surface area (Å²) in [5.74, 6) is -1.56. The van der Waals surface area contributed by atoms with Crippen LogP contribution in [0.2, 0.25) is 0 Å². The number of carbonyl (C=O) groups excluding carboxylic acids is 2. The molecule has 1 fully saturated rings. The van der Waals surface area contributed by atoms with E-state index < -0.39 is 28.2 Å². The number of anilines is 1. The molecule has 0 saturated carbocycles. The maximum absolute atomic E-state index is 13.1. The van der Waals surface area contributed by atoms with Gasteiger partial charge >= 0.3 is 0 Å². The van der Waals surface area contributed by atoms with Crippen molar-refractivity contribution < 1.29 is 23.7 Å². The molecule has 2 aromatic carbocycles. The first-order chi connectivity index (χ1) is 12.9. The van der Waals surface area contributed by atoms with Gasteiger partial charge in [-0.15, -0.1) is 0 Å². The number of nitro groups is 1. The molecule has 2 heterocycles. The lowest BCUT2D eigenvalue weighted by molar-refractivity contribution is -0.384. The Balaban J connectivity index is 1.60. The molecule has 0 bridgehead atoms. The Morgan fingerprint density at radius 2 is 1.89 bits per heavy atom. The molecule has 2 amide bonds. The molecule has 136 valence electrons. The molecule has 27 heavy (non-hydrogen) atoms. The Morgan fingerprint density at radius 1 is 1.15 bits per heavy atom. The fourth-order valence-corrected chi connectivity index (χ4v) is 3.21. The number of amides is 2. The molecule has 2 aliphatic rings. The van der Waals surface area contributed by atoms with Gasteiger partial charge in [0.2, 0.25) is 11.5 Å². The maximum atomic E-state index is 13.1. The van der Waals surface area contributed by atoms with Gasteiger partial charge in [-0.2, -0.15) is 0 Å². The van der Waals surface area contributed by atoms with Gasteiger partial charge in [0.05, 0.1) is 22.7 Å². The zero-order valence-electron chi connectivity index (χ0n) is 13.8. The number of non-ortho nitro benzene ring substituents is 1. The van der Waals surface area contributed by atoms with Crippen LogP contribution in [0.1, 0.15) is 18.4 Å². The zero-order chi connectivity index (χ0) is 19.2. The molecule has 8 nitrogen and oxygen atoms in total. The van der Waals surface area contributed by atoms with Crippen molar-refractivity contribution in [2.24, 2.45) is 5.16 Å². The smallest absolute Gasteiger partial charge is 0.281 e. The summed E-state index contributed by atoms with van der Waals surface area (Å²) in [5, 5.41) is 14.8. The molecule has 2 aliphatic heterocycles. The summed E-state index contributed by atoms with van der Waals surface area (Å²) in [6.45, 7) is 0. The number of nitro benzene ring substituents is 1. The molecule has 2 aromatic rings. The van der Waals surface area contributed by atoms with Gasteiger partial charge in [0.1, 0.15) is 5.82 Å². The highest BCUT2D eigenvalue weighted by Gasteiger charge is 2.58. The summed E-state index contributed by atoms with van der Waals surface area (Å²) in [5.41, 5.74) is -0.554. The van der Waals surface area contributed by atoms with E-state index in [-0.39, 0.29) is 24.2 Å². The van der Waals surface area contributed by atoms with Crippen molar-refractivity contribution in [2.45, 2.75) is 18.4 Å². The average Bonchev–Trinajstić information content (AvgIpc) is 3.18. The van der Waals surface area contributed by atoms with Crippen LogP contribution >= 0.6 is 0 Å². The molecule has 0 aliphatic carbocycles. The fourth-order valence-electron chi connectivity index (χ4n) is 3.21. The molecule has 4 rings (SSSR count). The normalized spacial score (nSPS) is 21.5. The summed E-state index contributed by atoms with van der Waals surface area (Å²) in [6.07, 6.45) is -0.207. The van der Waals surface area contributed by atoms with E-state index in [0.29, 0.717) is 11.3 Å². The van der Waals surface area contributed by atoms with E-state index in [1.807, 2.05) is 0 Å². The number of imide groups is 1. The fraction of sp³-hybridized carbons (Fsp3) is 0.167. The summed E-state index contributed by atoms with van der Waals surface area (Å²) in [6, 6.07) is 10.8. The topological polar surface area (TPSA) is 102 Å². The molecular weight excluding hydrogens is 357 g/mol. The van der Waals surface area contributed by atoms with Crippen LogP contribution in [0, 0.1) is 15.9 Å². The van der Waals surface area contributed by atoms with Crippen LogP contribution in [0.15, 0.2) is 53.7 Å². The van der Waals surface area contributed by atoms with Gasteiger partial charge in [0, 0.05) is 24.1 Å². The number of carbonyl (C=O) groups is 2. The van der Waals surface area contributed by atoms with Crippen LogP contribution in [0.4, 0.5) is 15.8 Å². The third kappa shape index (κ3) is 2.73. The maximum Gasteiger partial charge on any atom is 0.281 e. The van der Waals surface area contributed by atoms with Crippen molar-refractivity contribution in [2.75, 3.05) is 4.90 Å². The highest BCUT2D eigenvalue weighted by molar-refractivity contribution is 6.25. The lowest BCUT2D eigenvalue weighted by atomic mass is 9.92. The zero-order valence-corrected chi connectivity index (χ0v) is 13.8. The van der Waals surface area contributed by atoms with Crippen LogP contribution in [-0.4, -0.2) is 28.1 Å². The van der Waals surface area contributed by atoms with Gasteiger partial charge in [0.25, 0.3) is 11.6 Å². The molecule has 1 unspecified atom stereocenters. The first-order valence-electron chi connectivity index (χ1n) is 8.02. The predicted molar refractivity (Wildman–Crippen MR) is 91.6 cm³/mol. The van der Waals surface area contributed by atoms with Crippen molar-refractivity contribution in [1.29, 1.82) is 0 Å². The van der Waals surface area contributed by atoms with Crippen LogP contribution in [-0.2, 0) is 14.4 Å². The molecular formula is C18H12FN3O5. The highest BCUT2D eigenvalue weighted by atomic mass is 19.1. The van der Waals surface area contributed by atoms with E-state index in [2.05, 4.69) is 5.16 Å². The molecule has 0 N–H and O–H groups in total. The summed E-state index contributed by atoms with van der Waals surface area (Å²) < 4.78 is 13.1. The molecule has 0 radical (unpaired) electrons. The lowest BCUT2D eigenvalue weighted by Gasteiger charge is -2.19. The van der Waals surface area contributed by atoms with E-state index >= 15 is 0 Å². The third-order valence-electron chi connectivity index (χ3n) is 4.54. The second-order valence-corrected chi connectivity index (χ2v) is 6.30. The number of nitrogens with zero attached hydrogens (tertiary/aromatic N) is 3. The van der Waals surface area contributed by atoms with Gasteiger partial charge in [0.15, 0.2) is 0 Å². The van der Waals surface area contributed by atoms with Crippen molar-refractivity contribution in [1.82, 2.24) is 0 Å². The van der Waals surface area contributed by atoms with Crippen LogP contribution in [0.25, 0.3) is 0 Å². The number of benzene rings is 2. The van der Waals surface area contributed by atoms with Gasteiger partial charge in [-0.05, 0) is 24.3 Å². The van der Waals surface area contributed by atoms with E-state index in [0.717, 1.165) is 17.0 Å². The number of oxime groups is 1. The largest absolute Gasteiger partial charge is 0.378 e. The van der Waals surface area contributed by atoms with Gasteiger partial charge in [-0.1, -0.05) is 17.3 Å². The number of halogens is 1. The number of hydrogen-bond donors (Lipinski definition) is 0. The molecule has 0 aromatic heterocycles. The van der Waals surface area contributed by atoms with Gasteiger partial charge in [-0.3, -0.25) is 19.7 Å². The summed E-state index contributed by atoms with van der Waals surface area (Å²) in [7, 11) is 0. The molecule has 1 saturated heterocycles. The van der Waals surface area contributed by atoms with Crippen molar-refractivity contribution in [3.05, 3.63) is 70.0 Å². The summed E-state index contributed by atoms with van der Waals surface area (Å²) in [4.78, 5) is 42.0. The Kier molecular flexibility index (Phi) is 3.72. The quantitative estimate of drug-likeness (QED) is 0.470. The molecule has 1 atom stereocenters. The Morgan fingerprint density at radius 3 is 2.59 bits per heavy atom. The highest BCUT2D eigenvalue weighted by Crippen LogP contribution is 2.39. The van der Waals surface area contributed by atoms with Gasteiger partial charge in [-0.25, -0.2) is 9.29 Å². The Labute approximate surface area is 152 Å². The Bertz CT molecular complexity index is 1000. The molecule has 1 spiro atoms. The second-order valence-electron chi connectivity index (χ2n) is 6.30. The van der Waals surface area contributed by atoms with E-state index in [4.69, 9.17) is 4.84 Å². The van der Waals surface area contributed by atoms with Gasteiger partial charge < -0.3 is 4.84 Å². The van der Waals surface area contributed by atoms with Crippen molar-refractivity contribution in [3.63, 3.8) is 0 Å². The minimum absolute atomic E-state index is 0.0104. The second kappa shape index (κ2) is 5.97. The van der Waals surface area contributed by atoms with E-state index in [1.165, 1.54) is 30.3 Å². The Hall–Kier alpha value is -3.62. The van der Waals surface area contributed by atoms with Crippen LogP contribution in [0.5, 0.6) is 0 Å². The monoisotopic (exact) mass is 369 g/mol. The SMILES string of the molecule is O=C1CC2(CC(c3cccc([N+](=O)[O-])c3)=NO2)C(=O)N1c1ccc(F)cc1. The predicted octanol–water partition coefficient (Wildman–Crippen LogP) is 2.56. The third-order valence-corrected chi connectivity index (χ3v) is 4.54. The lowest BCUT2D eigenvalue weighted by Crippen LogP contribution is -2.40. The first-order valence-corrected chi connectivity index (χ1v) is 8.02. The van der Waals surface area contributed by atoms with E-state index in [9.17, 15) is 24.1 Å².